The zero-order valence-electron chi connectivity index (χ0n) is 25.5. The molecule has 0 fully saturated rings. The topological polar surface area (TPSA) is 48.4 Å². The van der Waals surface area contributed by atoms with E-state index in [9.17, 15) is 4.79 Å². The largest absolute Gasteiger partial charge is 0.492 e. The summed E-state index contributed by atoms with van der Waals surface area (Å²) in [5.41, 5.74) is 3.67. The summed E-state index contributed by atoms with van der Waals surface area (Å²) in [6, 6.07) is 19.3. The first-order valence-corrected chi connectivity index (χ1v) is 16.2. The smallest absolute Gasteiger partial charge is 0.343 e. The third-order valence-electron chi connectivity index (χ3n) is 7.62. The molecule has 0 amide bonds. The lowest BCUT2D eigenvalue weighted by atomic mass is 10.0. The first-order valence-electron chi connectivity index (χ1n) is 16.2. The quantitative estimate of drug-likeness (QED) is 0.0742. The first-order chi connectivity index (χ1) is 20.2. The van der Waals surface area contributed by atoms with E-state index < -0.39 is 0 Å². The predicted octanol–water partition coefficient (Wildman–Crippen LogP) is 10.8. The third-order valence-corrected chi connectivity index (χ3v) is 7.62. The highest BCUT2D eigenvalue weighted by molar-refractivity contribution is 5.91. The number of ether oxygens (including phenoxy) is 2. The Hall–Kier alpha value is -3.14. The average molecular weight is 558 g/mol. The van der Waals surface area contributed by atoms with Crippen molar-refractivity contribution in [2.24, 2.45) is 0 Å². The van der Waals surface area contributed by atoms with E-state index in [4.69, 9.17) is 9.47 Å². The van der Waals surface area contributed by atoms with Crippen molar-refractivity contribution in [1.82, 2.24) is 4.98 Å². The number of hydrogen-bond donors (Lipinski definition) is 0. The molecule has 0 radical (unpaired) electrons. The van der Waals surface area contributed by atoms with E-state index in [1.54, 1.807) is 6.20 Å². The number of carbonyl (C=O) groups excluding carboxylic acids is 1. The maximum Gasteiger partial charge on any atom is 0.343 e. The number of aryl methyl sites for hydroxylation is 1. The van der Waals surface area contributed by atoms with Gasteiger partial charge in [-0.2, -0.15) is 0 Å². The number of pyridine rings is 1. The number of esters is 1. The standard InChI is InChI=1S/C37H51NO3/c1-3-5-7-9-11-13-15-17-29-40-35-27-28-36(38-30-35)32-23-25-34(26-24-32)41-37(39)33-21-19-31(20-22-33)18-16-14-12-10-8-6-4-2/h19-28,30H,3-18,29H2,1-2H3. The van der Waals surface area contributed by atoms with Gasteiger partial charge in [0.25, 0.3) is 0 Å². The predicted molar refractivity (Wildman–Crippen MR) is 171 cm³/mol. The van der Waals surface area contributed by atoms with Crippen LogP contribution in [0.2, 0.25) is 0 Å². The molecule has 0 saturated carbocycles. The fourth-order valence-electron chi connectivity index (χ4n) is 5.02. The molecule has 0 aliphatic heterocycles. The second-order valence-electron chi connectivity index (χ2n) is 11.2. The van der Waals surface area contributed by atoms with Crippen LogP contribution >= 0.6 is 0 Å². The second-order valence-corrected chi connectivity index (χ2v) is 11.2. The van der Waals surface area contributed by atoms with E-state index in [0.29, 0.717) is 11.3 Å². The van der Waals surface area contributed by atoms with Gasteiger partial charge in [0.2, 0.25) is 0 Å². The molecule has 0 bridgehead atoms. The van der Waals surface area contributed by atoms with Crippen LogP contribution in [-0.2, 0) is 6.42 Å². The molecule has 0 atom stereocenters. The molecule has 0 spiro atoms. The zero-order chi connectivity index (χ0) is 29.0. The summed E-state index contributed by atoms with van der Waals surface area (Å²) in [4.78, 5) is 17.2. The molecule has 41 heavy (non-hydrogen) atoms. The number of hydrogen-bond acceptors (Lipinski definition) is 4. The molecule has 3 aromatic rings. The van der Waals surface area contributed by atoms with Crippen LogP contribution < -0.4 is 9.47 Å². The zero-order valence-corrected chi connectivity index (χ0v) is 25.5. The first kappa shape index (κ1) is 32.4. The van der Waals surface area contributed by atoms with Gasteiger partial charge >= 0.3 is 5.97 Å². The number of nitrogens with zero attached hydrogens (tertiary/aromatic N) is 1. The van der Waals surface area contributed by atoms with Gasteiger partial charge in [-0.1, -0.05) is 109 Å². The second kappa shape index (κ2) is 19.9. The SMILES string of the molecule is CCCCCCCCCCOc1ccc(-c2ccc(OC(=O)c3ccc(CCCCCCCCC)cc3)cc2)nc1. The molecule has 0 saturated heterocycles. The number of rotatable bonds is 21. The molecule has 3 rings (SSSR count). The number of aromatic nitrogens is 1. The van der Waals surface area contributed by atoms with Crippen molar-refractivity contribution >= 4 is 5.97 Å². The van der Waals surface area contributed by atoms with E-state index >= 15 is 0 Å². The van der Waals surface area contributed by atoms with Gasteiger partial charge in [-0.25, -0.2) is 4.79 Å². The molecule has 2 aromatic carbocycles. The molecular formula is C37H51NO3. The lowest BCUT2D eigenvalue weighted by Crippen LogP contribution is -2.08. The summed E-state index contributed by atoms with van der Waals surface area (Å²) in [5.74, 6) is 0.989. The Labute approximate surface area is 248 Å². The van der Waals surface area contributed by atoms with E-state index in [-0.39, 0.29) is 5.97 Å². The highest BCUT2D eigenvalue weighted by Gasteiger charge is 2.09. The lowest BCUT2D eigenvalue weighted by Gasteiger charge is -2.08. The van der Waals surface area contributed by atoms with Crippen molar-refractivity contribution < 1.29 is 14.3 Å². The van der Waals surface area contributed by atoms with Crippen LogP contribution in [-0.4, -0.2) is 17.6 Å². The Balaban J connectivity index is 1.35. The molecule has 1 aromatic heterocycles. The van der Waals surface area contributed by atoms with Gasteiger partial charge in [-0.15, -0.1) is 0 Å². The normalized spacial score (nSPS) is 11.0. The van der Waals surface area contributed by atoms with Gasteiger partial charge < -0.3 is 9.47 Å². The molecule has 0 unspecified atom stereocenters. The van der Waals surface area contributed by atoms with Crippen LogP contribution in [0.25, 0.3) is 11.3 Å². The van der Waals surface area contributed by atoms with Gasteiger partial charge in [-0.05, 0) is 73.4 Å². The van der Waals surface area contributed by atoms with E-state index in [1.165, 1.54) is 95.5 Å². The molecule has 4 heteroatoms. The van der Waals surface area contributed by atoms with Crippen LogP contribution in [0.15, 0.2) is 66.9 Å². The van der Waals surface area contributed by atoms with Crippen molar-refractivity contribution in [3.63, 3.8) is 0 Å². The van der Waals surface area contributed by atoms with Crippen molar-refractivity contribution in [1.29, 1.82) is 0 Å². The molecule has 4 nitrogen and oxygen atoms in total. The average Bonchev–Trinajstić information content (AvgIpc) is 3.01. The summed E-state index contributed by atoms with van der Waals surface area (Å²) in [6.45, 7) is 5.24. The fourth-order valence-corrected chi connectivity index (χ4v) is 5.02. The Morgan fingerprint density at radius 1 is 0.610 bits per heavy atom. The van der Waals surface area contributed by atoms with Crippen LogP contribution in [0.5, 0.6) is 11.5 Å². The maximum absolute atomic E-state index is 12.7. The number of benzene rings is 2. The molecule has 222 valence electrons. The fraction of sp³-hybridized carbons (Fsp3) is 0.514. The molecular weight excluding hydrogens is 506 g/mol. The molecule has 0 N–H and O–H groups in total. The van der Waals surface area contributed by atoms with Gasteiger partial charge in [-0.3, -0.25) is 4.98 Å². The van der Waals surface area contributed by atoms with Crippen LogP contribution in [0.4, 0.5) is 0 Å². The summed E-state index contributed by atoms with van der Waals surface area (Å²) in [7, 11) is 0. The Morgan fingerprint density at radius 2 is 1.17 bits per heavy atom. The lowest BCUT2D eigenvalue weighted by molar-refractivity contribution is 0.0734. The van der Waals surface area contributed by atoms with Gasteiger partial charge in [0, 0.05) is 5.56 Å². The molecule has 1 heterocycles. The van der Waals surface area contributed by atoms with Crippen molar-refractivity contribution in [3.8, 4) is 22.8 Å². The molecule has 0 aliphatic carbocycles. The van der Waals surface area contributed by atoms with Gasteiger partial charge in [0.05, 0.1) is 24.1 Å². The summed E-state index contributed by atoms with van der Waals surface area (Å²) in [5, 5.41) is 0. The maximum atomic E-state index is 12.7. The van der Waals surface area contributed by atoms with Crippen molar-refractivity contribution in [3.05, 3.63) is 78.0 Å². The summed E-state index contributed by atoms with van der Waals surface area (Å²) >= 11 is 0. The van der Waals surface area contributed by atoms with Crippen LogP contribution in [0.3, 0.4) is 0 Å². The summed E-state index contributed by atoms with van der Waals surface area (Å²) in [6.07, 6.45) is 22.3. The van der Waals surface area contributed by atoms with Crippen LogP contribution in [0, 0.1) is 0 Å². The Kier molecular flexibility index (Phi) is 15.7. The summed E-state index contributed by atoms with van der Waals surface area (Å²) < 4.78 is 11.5. The minimum Gasteiger partial charge on any atom is -0.492 e. The number of unbranched alkanes of at least 4 members (excludes halogenated alkanes) is 13. The van der Waals surface area contributed by atoms with Crippen molar-refractivity contribution in [2.45, 2.75) is 117 Å². The Bertz CT molecular complexity index is 1090. The van der Waals surface area contributed by atoms with Gasteiger partial charge in [0.1, 0.15) is 11.5 Å². The van der Waals surface area contributed by atoms with E-state index in [2.05, 4.69) is 18.8 Å². The van der Waals surface area contributed by atoms with Gasteiger partial charge in [0.15, 0.2) is 0 Å². The minimum absolute atomic E-state index is 0.337. The number of carbonyl (C=O) groups is 1. The minimum atomic E-state index is -0.337. The van der Waals surface area contributed by atoms with E-state index in [1.807, 2.05) is 60.7 Å². The highest BCUT2D eigenvalue weighted by Crippen LogP contribution is 2.23. The highest BCUT2D eigenvalue weighted by atomic mass is 16.5. The molecule has 0 aliphatic rings. The van der Waals surface area contributed by atoms with Crippen LogP contribution in [0.1, 0.15) is 126 Å². The van der Waals surface area contributed by atoms with E-state index in [0.717, 1.165) is 36.5 Å². The monoisotopic (exact) mass is 557 g/mol. The Morgan fingerprint density at radius 3 is 1.76 bits per heavy atom. The van der Waals surface area contributed by atoms with Crippen molar-refractivity contribution in [2.75, 3.05) is 6.61 Å². The third kappa shape index (κ3) is 12.9.